The first-order chi connectivity index (χ1) is 14.5. The largest absolute Gasteiger partial charge is 0.340 e. The van der Waals surface area contributed by atoms with Crippen molar-refractivity contribution in [1.82, 2.24) is 28.1 Å². The normalized spacial score (nSPS) is 15.7. The van der Waals surface area contributed by atoms with Crippen LogP contribution in [0, 0.1) is 0 Å². The maximum Gasteiger partial charge on any atom is 0.245 e. The summed E-state index contributed by atoms with van der Waals surface area (Å²) in [6.07, 6.45) is 2.24. The van der Waals surface area contributed by atoms with E-state index in [1.807, 2.05) is 6.92 Å². The fourth-order valence-corrected chi connectivity index (χ4v) is 5.57. The predicted molar refractivity (Wildman–Crippen MR) is 109 cm³/mol. The average molecular weight is 451 g/mol. The number of benzene rings is 1. The third-order valence-electron chi connectivity index (χ3n) is 5.07. The van der Waals surface area contributed by atoms with Crippen molar-refractivity contribution in [3.05, 3.63) is 29.9 Å². The van der Waals surface area contributed by atoms with Crippen molar-refractivity contribution >= 4 is 38.7 Å². The quantitative estimate of drug-likeness (QED) is 0.531. The molecule has 1 aliphatic heterocycles. The minimum atomic E-state index is -3.69. The molecule has 1 aliphatic rings. The van der Waals surface area contributed by atoms with Gasteiger partial charge >= 0.3 is 0 Å². The van der Waals surface area contributed by atoms with E-state index in [-0.39, 0.29) is 23.9 Å². The monoisotopic (exact) mass is 450 g/mol. The topological polar surface area (TPSA) is 122 Å². The maximum atomic E-state index is 13.1. The number of nitrogens with zero attached hydrogens (tertiary/aromatic N) is 6. The first-order valence-corrected chi connectivity index (χ1v) is 12.0. The minimum absolute atomic E-state index is 0.00748. The van der Waals surface area contributed by atoms with Crippen molar-refractivity contribution in [2.45, 2.75) is 37.5 Å². The molecule has 0 atom stereocenters. The molecule has 10 nitrogen and oxygen atoms in total. The summed E-state index contributed by atoms with van der Waals surface area (Å²) < 4.78 is 40.9. The summed E-state index contributed by atoms with van der Waals surface area (Å²) in [7, 11) is -3.69. The van der Waals surface area contributed by atoms with Crippen LogP contribution in [-0.2, 0) is 27.7 Å². The van der Waals surface area contributed by atoms with E-state index < -0.39 is 10.0 Å². The smallest absolute Gasteiger partial charge is 0.245 e. The molecule has 1 amide bonds. The molecule has 1 saturated heterocycles. The number of sulfonamides is 1. The van der Waals surface area contributed by atoms with Crippen LogP contribution in [0.5, 0.6) is 0 Å². The lowest BCUT2D eigenvalue weighted by atomic mass is 10.2. The number of aromatic nitrogens is 4. The van der Waals surface area contributed by atoms with Gasteiger partial charge in [-0.05, 0) is 18.6 Å². The van der Waals surface area contributed by atoms with Gasteiger partial charge in [-0.25, -0.2) is 8.42 Å². The van der Waals surface area contributed by atoms with Crippen LogP contribution in [0.1, 0.15) is 31.5 Å². The second kappa shape index (κ2) is 8.74. The first-order valence-electron chi connectivity index (χ1n) is 9.79. The Hall–Kier alpha value is -2.44. The standard InChI is InChI=1S/C18H22N6O4S2/c1-2-15-19-16(28-20-15)7-4-8-17(25)23-9-11-24(12-10-23)30(26,27)14-6-3-5-13-18(14)22-29-21-13/h3,5-6H,2,4,7-12H2,1H3. The second-order valence-corrected chi connectivity index (χ2v) is 9.42. The summed E-state index contributed by atoms with van der Waals surface area (Å²) in [4.78, 5) is 18.6. The molecule has 160 valence electrons. The minimum Gasteiger partial charge on any atom is -0.340 e. The van der Waals surface area contributed by atoms with E-state index in [2.05, 4.69) is 18.9 Å². The van der Waals surface area contributed by atoms with Gasteiger partial charge in [0.1, 0.15) is 15.9 Å². The number of hydrogen-bond donors (Lipinski definition) is 0. The summed E-state index contributed by atoms with van der Waals surface area (Å²) in [5, 5.41) is 3.84. The Kier molecular flexibility index (Phi) is 6.06. The molecule has 1 aromatic carbocycles. The number of amides is 1. The molecule has 30 heavy (non-hydrogen) atoms. The molecule has 0 radical (unpaired) electrons. The van der Waals surface area contributed by atoms with Crippen LogP contribution in [0.4, 0.5) is 0 Å². The molecular weight excluding hydrogens is 428 g/mol. The zero-order chi connectivity index (χ0) is 21.1. The van der Waals surface area contributed by atoms with Gasteiger partial charge in [0, 0.05) is 45.4 Å². The van der Waals surface area contributed by atoms with Gasteiger partial charge in [0.05, 0.1) is 11.7 Å². The highest BCUT2D eigenvalue weighted by molar-refractivity contribution is 7.89. The van der Waals surface area contributed by atoms with E-state index >= 15 is 0 Å². The molecule has 1 fully saturated rings. The molecule has 3 heterocycles. The lowest BCUT2D eigenvalue weighted by Crippen LogP contribution is -2.50. The van der Waals surface area contributed by atoms with Crippen molar-refractivity contribution < 1.29 is 17.7 Å². The van der Waals surface area contributed by atoms with Crippen molar-refractivity contribution in [2.75, 3.05) is 26.2 Å². The molecule has 2 aromatic heterocycles. The second-order valence-electron chi connectivity index (χ2n) is 6.98. The summed E-state index contributed by atoms with van der Waals surface area (Å²) in [6.45, 7) is 3.19. The van der Waals surface area contributed by atoms with Gasteiger partial charge in [-0.15, -0.1) is 0 Å². The maximum absolute atomic E-state index is 13.1. The van der Waals surface area contributed by atoms with Crippen LogP contribution in [0.2, 0.25) is 0 Å². The molecule has 4 rings (SSSR count). The van der Waals surface area contributed by atoms with E-state index in [9.17, 15) is 13.2 Å². The first kappa shape index (κ1) is 20.8. The third-order valence-corrected chi connectivity index (χ3v) is 7.54. The number of rotatable bonds is 7. The number of aryl methyl sites for hydroxylation is 2. The summed E-state index contributed by atoms with van der Waals surface area (Å²) in [6, 6.07) is 4.97. The number of carbonyl (C=O) groups excluding carboxylic acids is 1. The van der Waals surface area contributed by atoms with Crippen molar-refractivity contribution in [3.8, 4) is 0 Å². The highest BCUT2D eigenvalue weighted by Gasteiger charge is 2.31. The molecule has 0 bridgehead atoms. The van der Waals surface area contributed by atoms with Gasteiger partial charge in [-0.3, -0.25) is 4.79 Å². The van der Waals surface area contributed by atoms with Gasteiger partial charge in [0.2, 0.25) is 21.8 Å². The lowest BCUT2D eigenvalue weighted by Gasteiger charge is -2.34. The Labute approximate surface area is 178 Å². The Morgan fingerprint density at radius 1 is 1.20 bits per heavy atom. The van der Waals surface area contributed by atoms with Gasteiger partial charge in [-0.2, -0.15) is 18.0 Å². The number of fused-ring (bicyclic) bond motifs is 1. The van der Waals surface area contributed by atoms with Crippen molar-refractivity contribution in [3.63, 3.8) is 0 Å². The van der Waals surface area contributed by atoms with Crippen molar-refractivity contribution in [2.24, 2.45) is 0 Å². The zero-order valence-electron chi connectivity index (χ0n) is 16.5. The molecule has 0 N–H and O–H groups in total. The van der Waals surface area contributed by atoms with E-state index in [0.29, 0.717) is 61.5 Å². The van der Waals surface area contributed by atoms with E-state index in [0.717, 1.165) is 11.7 Å². The highest BCUT2D eigenvalue weighted by atomic mass is 32.2. The molecule has 12 heteroatoms. The van der Waals surface area contributed by atoms with Gasteiger partial charge < -0.3 is 9.42 Å². The Morgan fingerprint density at radius 2 is 2.00 bits per heavy atom. The molecule has 0 aliphatic carbocycles. The van der Waals surface area contributed by atoms with Crippen molar-refractivity contribution in [1.29, 1.82) is 0 Å². The fourth-order valence-electron chi connectivity index (χ4n) is 3.39. The zero-order valence-corrected chi connectivity index (χ0v) is 18.2. The van der Waals surface area contributed by atoms with Crippen LogP contribution >= 0.6 is 11.7 Å². The summed E-state index contributed by atoms with van der Waals surface area (Å²) in [5.74, 6) is 1.21. The van der Waals surface area contributed by atoms with Crippen LogP contribution in [-0.4, -0.2) is 68.6 Å². The lowest BCUT2D eigenvalue weighted by molar-refractivity contribution is -0.132. The Balaban J connectivity index is 1.32. The molecule has 0 saturated carbocycles. The molecule has 3 aromatic rings. The molecule has 0 spiro atoms. The highest BCUT2D eigenvalue weighted by Crippen LogP contribution is 2.25. The van der Waals surface area contributed by atoms with E-state index in [1.165, 1.54) is 4.31 Å². The number of hydrogen-bond acceptors (Lipinski definition) is 9. The molecule has 0 unspecified atom stereocenters. The average Bonchev–Trinajstić information content (AvgIpc) is 3.42. The Bertz CT molecular complexity index is 1130. The van der Waals surface area contributed by atoms with Gasteiger partial charge in [-0.1, -0.05) is 18.1 Å². The van der Waals surface area contributed by atoms with Gasteiger partial charge in [0.15, 0.2) is 5.82 Å². The van der Waals surface area contributed by atoms with Crippen LogP contribution in [0.3, 0.4) is 0 Å². The van der Waals surface area contributed by atoms with E-state index in [1.54, 1.807) is 23.1 Å². The third kappa shape index (κ3) is 4.20. The molecular formula is C18H22N6O4S2. The van der Waals surface area contributed by atoms with E-state index in [4.69, 9.17) is 4.52 Å². The fraction of sp³-hybridized carbons (Fsp3) is 0.500. The van der Waals surface area contributed by atoms with Crippen LogP contribution in [0.15, 0.2) is 27.6 Å². The van der Waals surface area contributed by atoms with Crippen LogP contribution < -0.4 is 0 Å². The Morgan fingerprint density at radius 3 is 2.73 bits per heavy atom. The van der Waals surface area contributed by atoms with Gasteiger partial charge in [0.25, 0.3) is 0 Å². The predicted octanol–water partition coefficient (Wildman–Crippen LogP) is 1.49. The number of piperazine rings is 1. The summed E-state index contributed by atoms with van der Waals surface area (Å²) >= 11 is 0.992. The summed E-state index contributed by atoms with van der Waals surface area (Å²) in [5.41, 5.74) is 0.968. The van der Waals surface area contributed by atoms with Crippen LogP contribution in [0.25, 0.3) is 11.0 Å². The number of carbonyl (C=O) groups is 1. The SMILES string of the molecule is CCc1noc(CCCC(=O)N2CCN(S(=O)(=O)c3cccc4nsnc34)CC2)n1.